The molecule has 3 N–H and O–H groups in total. The fourth-order valence-electron chi connectivity index (χ4n) is 4.01. The van der Waals surface area contributed by atoms with Crippen LogP contribution in [0.4, 0.5) is 11.6 Å². The zero-order chi connectivity index (χ0) is 26.1. The van der Waals surface area contributed by atoms with Crippen LogP contribution in [0.15, 0.2) is 55.1 Å². The van der Waals surface area contributed by atoms with Crippen LogP contribution in [-0.4, -0.2) is 43.6 Å². The molecule has 4 aromatic heterocycles. The fraction of sp³-hybridized carbons (Fsp3) is 0.192. The third-order valence-corrected chi connectivity index (χ3v) is 6.70. The van der Waals surface area contributed by atoms with Crippen molar-refractivity contribution in [2.24, 2.45) is 5.73 Å². The third-order valence-electron chi connectivity index (χ3n) is 5.57. The largest absolute Gasteiger partial charge is 0.489 e. The number of hydrogen-bond donors (Lipinski definition) is 2. The second kappa shape index (κ2) is 9.86. The lowest BCUT2D eigenvalue weighted by molar-refractivity contribution is 0.100. The molecular formula is C26H25N7O3S. The maximum atomic E-state index is 12.3. The molecule has 0 radical (unpaired) electrons. The molecule has 5 rings (SSSR count). The van der Waals surface area contributed by atoms with E-state index in [-0.39, 0.29) is 6.10 Å². The van der Waals surface area contributed by atoms with Crippen molar-refractivity contribution in [1.82, 2.24) is 24.5 Å². The topological polar surface area (TPSA) is 130 Å². The van der Waals surface area contributed by atoms with E-state index in [0.717, 1.165) is 11.5 Å². The molecule has 0 spiro atoms. The van der Waals surface area contributed by atoms with Crippen molar-refractivity contribution < 1.29 is 14.3 Å². The minimum absolute atomic E-state index is 0.0530. The number of amides is 1. The van der Waals surface area contributed by atoms with Gasteiger partial charge in [0.25, 0.3) is 5.91 Å². The summed E-state index contributed by atoms with van der Waals surface area (Å²) in [6.45, 7) is 5.87. The number of benzene rings is 1. The van der Waals surface area contributed by atoms with Gasteiger partial charge in [-0.05, 0) is 45.0 Å². The highest BCUT2D eigenvalue weighted by Crippen LogP contribution is 2.41. The lowest BCUT2D eigenvalue weighted by atomic mass is 10.1. The molecule has 0 aliphatic heterocycles. The predicted octanol–water partition coefficient (Wildman–Crippen LogP) is 4.89. The van der Waals surface area contributed by atoms with Crippen molar-refractivity contribution in [3.05, 3.63) is 65.8 Å². The zero-order valence-electron chi connectivity index (χ0n) is 20.7. The van der Waals surface area contributed by atoms with Gasteiger partial charge in [0.05, 0.1) is 41.0 Å². The monoisotopic (exact) mass is 515 g/mol. The van der Waals surface area contributed by atoms with Crippen molar-refractivity contribution in [2.45, 2.75) is 26.9 Å². The van der Waals surface area contributed by atoms with Gasteiger partial charge in [-0.25, -0.2) is 19.9 Å². The number of methoxy groups -OCH3 is 1. The number of carbonyl (C=O) groups is 1. The number of aromatic nitrogens is 5. The van der Waals surface area contributed by atoms with Gasteiger partial charge in [-0.1, -0.05) is 0 Å². The Morgan fingerprint density at radius 1 is 1.16 bits per heavy atom. The van der Waals surface area contributed by atoms with Crippen molar-refractivity contribution in [3.8, 4) is 28.4 Å². The number of fused-ring (bicyclic) bond motifs is 1. The van der Waals surface area contributed by atoms with E-state index in [4.69, 9.17) is 20.2 Å². The Labute approximate surface area is 217 Å². The first-order chi connectivity index (χ1) is 17.9. The van der Waals surface area contributed by atoms with Gasteiger partial charge in [0.1, 0.15) is 16.5 Å². The molecule has 1 aromatic carbocycles. The average molecular weight is 516 g/mol. The van der Waals surface area contributed by atoms with Crippen LogP contribution in [0.1, 0.15) is 29.3 Å². The van der Waals surface area contributed by atoms with E-state index in [9.17, 15) is 4.79 Å². The zero-order valence-corrected chi connectivity index (χ0v) is 21.5. The van der Waals surface area contributed by atoms with E-state index in [0.29, 0.717) is 49.5 Å². The number of nitrogens with zero attached hydrogens (tertiary/aromatic N) is 5. The van der Waals surface area contributed by atoms with Gasteiger partial charge < -0.3 is 25.1 Å². The van der Waals surface area contributed by atoms with Gasteiger partial charge in [0, 0.05) is 35.8 Å². The highest BCUT2D eigenvalue weighted by molar-refractivity contribution is 7.21. The number of aryl methyl sites for hydroxylation is 1. The summed E-state index contributed by atoms with van der Waals surface area (Å²) in [6, 6.07) is 9.40. The second-order valence-electron chi connectivity index (χ2n) is 8.45. The molecule has 0 aliphatic carbocycles. The molecule has 37 heavy (non-hydrogen) atoms. The fourth-order valence-corrected chi connectivity index (χ4v) is 4.99. The number of nitrogens with one attached hydrogen (secondary N) is 1. The van der Waals surface area contributed by atoms with Crippen LogP contribution in [0, 0.1) is 6.92 Å². The van der Waals surface area contributed by atoms with Crippen molar-refractivity contribution in [3.63, 3.8) is 0 Å². The molecule has 10 nitrogen and oxygen atoms in total. The quantitative estimate of drug-likeness (QED) is 0.299. The molecule has 0 aliphatic rings. The van der Waals surface area contributed by atoms with Gasteiger partial charge >= 0.3 is 0 Å². The number of thiophene rings is 1. The predicted molar refractivity (Wildman–Crippen MR) is 143 cm³/mol. The normalized spacial score (nSPS) is 11.2. The number of pyridine rings is 1. The number of hydrogen-bond acceptors (Lipinski definition) is 9. The van der Waals surface area contributed by atoms with E-state index in [1.165, 1.54) is 18.4 Å². The summed E-state index contributed by atoms with van der Waals surface area (Å²) in [5.41, 5.74) is 9.09. The van der Waals surface area contributed by atoms with Gasteiger partial charge in [-0.15, -0.1) is 11.3 Å². The molecule has 5 aromatic rings. The third kappa shape index (κ3) is 4.68. The van der Waals surface area contributed by atoms with Gasteiger partial charge in [-0.2, -0.15) is 0 Å². The first kappa shape index (κ1) is 24.2. The number of carbonyl (C=O) groups excluding carboxylic acids is 1. The smallest absolute Gasteiger partial charge is 0.259 e. The molecule has 11 heteroatoms. The molecule has 0 saturated carbocycles. The maximum Gasteiger partial charge on any atom is 0.259 e. The van der Waals surface area contributed by atoms with E-state index >= 15 is 0 Å². The number of ether oxygens (including phenoxy) is 2. The number of nitrogens with two attached hydrogens (primary N) is 1. The number of anilines is 2. The maximum absolute atomic E-state index is 12.3. The number of primary amides is 1. The van der Waals surface area contributed by atoms with Gasteiger partial charge in [-0.3, -0.25) is 4.79 Å². The van der Waals surface area contributed by atoms with Gasteiger partial charge in [0.15, 0.2) is 0 Å². The highest BCUT2D eigenvalue weighted by atomic mass is 32.1. The molecule has 0 fully saturated rings. The SMILES string of the molecule is COc1ncccc1-c1c(C(N)=O)sc2cnc(Nc3ccc(-n4ccnc4C)cc3OC(C)C)nc12. The molecule has 1 amide bonds. The van der Waals surface area contributed by atoms with Crippen LogP contribution in [0.2, 0.25) is 0 Å². The average Bonchev–Trinajstić information content (AvgIpc) is 3.48. The van der Waals surface area contributed by atoms with Gasteiger partial charge in [0.2, 0.25) is 11.8 Å². The molecule has 0 bridgehead atoms. The van der Waals surface area contributed by atoms with Crippen LogP contribution in [0.3, 0.4) is 0 Å². The summed E-state index contributed by atoms with van der Waals surface area (Å²) in [5.74, 6) is 1.66. The molecule has 0 atom stereocenters. The van der Waals surface area contributed by atoms with Crippen molar-refractivity contribution in [1.29, 1.82) is 0 Å². The first-order valence-electron chi connectivity index (χ1n) is 11.5. The van der Waals surface area contributed by atoms with E-state index in [2.05, 4.69) is 20.3 Å². The van der Waals surface area contributed by atoms with Crippen LogP contribution in [0.25, 0.3) is 27.0 Å². The Balaban J connectivity index is 1.60. The summed E-state index contributed by atoms with van der Waals surface area (Å²) < 4.78 is 14.2. The standard InChI is InChI=1S/C26H25N7O3S/c1-14(2)36-19-12-16(33-11-10-28-15(33)3)7-8-18(19)31-26-30-13-20-22(32-26)21(23(37-20)24(27)34)17-6-5-9-29-25(17)35-4/h5-14H,1-4H3,(H2,27,34)(H,30,31,32). The summed E-state index contributed by atoms with van der Waals surface area (Å²) in [7, 11) is 1.53. The lowest BCUT2D eigenvalue weighted by Crippen LogP contribution is -2.10. The number of imidazole rings is 1. The Kier molecular flexibility index (Phi) is 6.45. The molecule has 0 unspecified atom stereocenters. The Morgan fingerprint density at radius 3 is 2.70 bits per heavy atom. The van der Waals surface area contributed by atoms with Crippen LogP contribution in [-0.2, 0) is 0 Å². The summed E-state index contributed by atoms with van der Waals surface area (Å²) >= 11 is 1.23. The summed E-state index contributed by atoms with van der Waals surface area (Å²) in [5, 5.41) is 3.27. The highest BCUT2D eigenvalue weighted by Gasteiger charge is 2.23. The van der Waals surface area contributed by atoms with Crippen LogP contribution in [0.5, 0.6) is 11.6 Å². The van der Waals surface area contributed by atoms with E-state index in [1.807, 2.05) is 55.8 Å². The minimum Gasteiger partial charge on any atom is -0.489 e. The molecule has 188 valence electrons. The Hall–Kier alpha value is -4.51. The number of rotatable bonds is 8. The minimum atomic E-state index is -0.559. The van der Waals surface area contributed by atoms with Crippen LogP contribution < -0.4 is 20.5 Å². The first-order valence-corrected chi connectivity index (χ1v) is 12.3. The van der Waals surface area contributed by atoms with Crippen molar-refractivity contribution >= 4 is 39.1 Å². The Morgan fingerprint density at radius 2 is 2.00 bits per heavy atom. The molecular weight excluding hydrogens is 490 g/mol. The van der Waals surface area contributed by atoms with E-state index < -0.39 is 5.91 Å². The second-order valence-corrected chi connectivity index (χ2v) is 9.51. The summed E-state index contributed by atoms with van der Waals surface area (Å²) in [4.78, 5) is 30.5. The molecule has 0 saturated heterocycles. The Bertz CT molecular complexity index is 1610. The lowest BCUT2D eigenvalue weighted by Gasteiger charge is -2.17. The molecule has 4 heterocycles. The van der Waals surface area contributed by atoms with Crippen LogP contribution >= 0.6 is 11.3 Å². The summed E-state index contributed by atoms with van der Waals surface area (Å²) in [6.07, 6.45) is 6.88. The van der Waals surface area contributed by atoms with Crippen molar-refractivity contribution in [2.75, 3.05) is 12.4 Å². The van der Waals surface area contributed by atoms with E-state index in [1.54, 1.807) is 24.7 Å².